The van der Waals surface area contributed by atoms with Crippen LogP contribution in [0.3, 0.4) is 0 Å². The predicted molar refractivity (Wildman–Crippen MR) is 97.9 cm³/mol. The fourth-order valence-corrected chi connectivity index (χ4v) is 4.03. The fraction of sp³-hybridized carbons (Fsp3) is 0.300. The zero-order valence-corrected chi connectivity index (χ0v) is 15.4. The van der Waals surface area contributed by atoms with E-state index in [9.17, 15) is 22.8 Å². The summed E-state index contributed by atoms with van der Waals surface area (Å²) < 4.78 is 38.3. The molecule has 4 nitrogen and oxygen atoms in total. The highest BCUT2D eigenvalue weighted by molar-refractivity contribution is 6.33. The van der Waals surface area contributed by atoms with Crippen LogP contribution in [-0.4, -0.2) is 35.3 Å². The Morgan fingerprint density at radius 3 is 2.32 bits per heavy atom. The summed E-state index contributed by atoms with van der Waals surface area (Å²) in [5.74, 6) is -0.123. The van der Waals surface area contributed by atoms with E-state index in [0.717, 1.165) is 18.6 Å². The fourth-order valence-electron chi connectivity index (χ4n) is 3.74. The van der Waals surface area contributed by atoms with Crippen molar-refractivity contribution in [3.63, 3.8) is 0 Å². The molecule has 2 aromatic carbocycles. The molecule has 4 rings (SSSR count). The van der Waals surface area contributed by atoms with Gasteiger partial charge in [0.2, 0.25) is 5.91 Å². The number of benzene rings is 2. The summed E-state index contributed by atoms with van der Waals surface area (Å²) in [7, 11) is 0. The van der Waals surface area contributed by atoms with Crippen LogP contribution in [0.5, 0.6) is 0 Å². The SMILES string of the molecule is O=C1CCC2(CN(C(=O)c3ccc(-c4ccc(C(F)(F)F)cc4Cl)cc3)C2)N1. The lowest BCUT2D eigenvalue weighted by molar-refractivity contribution is -0.137. The van der Waals surface area contributed by atoms with Gasteiger partial charge in [0, 0.05) is 35.7 Å². The number of hydrogen-bond acceptors (Lipinski definition) is 2. The third-order valence-corrected chi connectivity index (χ3v) is 5.56. The number of halogens is 4. The van der Waals surface area contributed by atoms with Crippen molar-refractivity contribution in [2.45, 2.75) is 24.6 Å². The van der Waals surface area contributed by atoms with Crippen LogP contribution in [0.1, 0.15) is 28.8 Å². The highest BCUT2D eigenvalue weighted by Gasteiger charge is 2.49. The van der Waals surface area contributed by atoms with E-state index in [1.54, 1.807) is 29.2 Å². The van der Waals surface area contributed by atoms with Gasteiger partial charge in [-0.05, 0) is 36.2 Å². The molecule has 28 heavy (non-hydrogen) atoms. The number of carbonyl (C=O) groups is 2. The molecule has 8 heteroatoms. The Kier molecular flexibility index (Phi) is 4.38. The van der Waals surface area contributed by atoms with Crippen molar-refractivity contribution in [3.05, 3.63) is 58.6 Å². The van der Waals surface area contributed by atoms with Crippen LogP contribution >= 0.6 is 11.6 Å². The van der Waals surface area contributed by atoms with E-state index in [0.29, 0.717) is 36.2 Å². The number of likely N-dealkylation sites (tertiary alicyclic amines) is 1. The number of nitrogens with zero attached hydrogens (tertiary/aromatic N) is 1. The largest absolute Gasteiger partial charge is 0.416 e. The molecule has 2 saturated heterocycles. The molecule has 2 amide bonds. The van der Waals surface area contributed by atoms with Crippen LogP contribution in [0.2, 0.25) is 5.02 Å². The lowest BCUT2D eigenvalue weighted by Gasteiger charge is -2.47. The molecular formula is C20H16ClF3N2O2. The summed E-state index contributed by atoms with van der Waals surface area (Å²) in [6.45, 7) is 0.980. The van der Waals surface area contributed by atoms with Gasteiger partial charge < -0.3 is 10.2 Å². The molecule has 0 unspecified atom stereocenters. The van der Waals surface area contributed by atoms with E-state index in [-0.39, 0.29) is 22.4 Å². The first-order valence-corrected chi connectivity index (χ1v) is 9.12. The van der Waals surface area contributed by atoms with Crippen molar-refractivity contribution in [1.29, 1.82) is 0 Å². The summed E-state index contributed by atoms with van der Waals surface area (Å²) >= 11 is 6.03. The Morgan fingerprint density at radius 2 is 1.79 bits per heavy atom. The Hall–Kier alpha value is -2.54. The normalized spacial score (nSPS) is 18.1. The van der Waals surface area contributed by atoms with Crippen molar-refractivity contribution in [2.24, 2.45) is 0 Å². The van der Waals surface area contributed by atoms with Crippen molar-refractivity contribution < 1.29 is 22.8 Å². The van der Waals surface area contributed by atoms with E-state index in [1.807, 2.05) is 0 Å². The second-order valence-electron chi connectivity index (χ2n) is 7.26. The summed E-state index contributed by atoms with van der Waals surface area (Å²) in [6.07, 6.45) is -3.22. The lowest BCUT2D eigenvalue weighted by atomic mass is 9.87. The van der Waals surface area contributed by atoms with E-state index >= 15 is 0 Å². The number of alkyl halides is 3. The Balaban J connectivity index is 1.47. The van der Waals surface area contributed by atoms with Crippen molar-refractivity contribution in [2.75, 3.05) is 13.1 Å². The minimum Gasteiger partial charge on any atom is -0.347 e. The first-order chi connectivity index (χ1) is 13.2. The van der Waals surface area contributed by atoms with Gasteiger partial charge in [-0.3, -0.25) is 9.59 Å². The second kappa shape index (κ2) is 6.51. The first kappa shape index (κ1) is 18.8. The van der Waals surface area contributed by atoms with E-state index in [1.165, 1.54) is 6.07 Å². The predicted octanol–water partition coefficient (Wildman–Crippen LogP) is 4.13. The van der Waals surface area contributed by atoms with Crippen molar-refractivity contribution in [1.82, 2.24) is 10.2 Å². The molecule has 0 saturated carbocycles. The standard InChI is InChI=1S/C20H16ClF3N2O2/c21-16-9-14(20(22,23)24)5-6-15(16)12-1-3-13(4-2-12)18(28)26-10-19(11-26)8-7-17(27)25-19/h1-6,9H,7-8,10-11H2,(H,25,27). The first-order valence-electron chi connectivity index (χ1n) is 8.74. The molecule has 2 fully saturated rings. The van der Waals surface area contributed by atoms with Gasteiger partial charge in [-0.25, -0.2) is 0 Å². The molecule has 0 aliphatic carbocycles. The van der Waals surface area contributed by atoms with Crippen LogP contribution in [-0.2, 0) is 11.0 Å². The molecule has 0 bridgehead atoms. The van der Waals surface area contributed by atoms with Crippen LogP contribution in [0, 0.1) is 0 Å². The highest BCUT2D eigenvalue weighted by Crippen LogP contribution is 2.36. The van der Waals surface area contributed by atoms with Crippen molar-refractivity contribution in [3.8, 4) is 11.1 Å². The van der Waals surface area contributed by atoms with Gasteiger partial charge >= 0.3 is 6.18 Å². The van der Waals surface area contributed by atoms with Crippen molar-refractivity contribution >= 4 is 23.4 Å². The van der Waals surface area contributed by atoms with E-state index in [2.05, 4.69) is 5.32 Å². The maximum atomic E-state index is 12.8. The van der Waals surface area contributed by atoms with Gasteiger partial charge in [-0.15, -0.1) is 0 Å². The molecule has 1 N–H and O–H groups in total. The minimum absolute atomic E-state index is 0.00411. The molecule has 2 aliphatic heterocycles. The zero-order valence-electron chi connectivity index (χ0n) is 14.6. The van der Waals surface area contributed by atoms with Crippen LogP contribution < -0.4 is 5.32 Å². The average Bonchev–Trinajstić information content (AvgIpc) is 3.01. The molecule has 2 aliphatic rings. The van der Waals surface area contributed by atoms with Crippen LogP contribution in [0.25, 0.3) is 11.1 Å². The third kappa shape index (κ3) is 3.35. The molecule has 0 aromatic heterocycles. The summed E-state index contributed by atoms with van der Waals surface area (Å²) in [5.41, 5.74) is 0.480. The molecule has 2 heterocycles. The monoisotopic (exact) mass is 408 g/mol. The van der Waals surface area contributed by atoms with E-state index < -0.39 is 11.7 Å². The molecule has 1 spiro atoms. The van der Waals surface area contributed by atoms with Gasteiger partial charge in [0.25, 0.3) is 5.91 Å². The average molecular weight is 409 g/mol. The topological polar surface area (TPSA) is 49.4 Å². The van der Waals surface area contributed by atoms with Gasteiger partial charge in [0.05, 0.1) is 11.1 Å². The van der Waals surface area contributed by atoms with Crippen LogP contribution in [0.15, 0.2) is 42.5 Å². The quantitative estimate of drug-likeness (QED) is 0.812. The molecule has 0 radical (unpaired) electrons. The molecular weight excluding hydrogens is 393 g/mol. The van der Waals surface area contributed by atoms with Gasteiger partial charge in [0.15, 0.2) is 0 Å². The third-order valence-electron chi connectivity index (χ3n) is 5.25. The maximum absolute atomic E-state index is 12.8. The molecule has 0 atom stereocenters. The second-order valence-corrected chi connectivity index (χ2v) is 7.67. The van der Waals surface area contributed by atoms with Gasteiger partial charge in [0.1, 0.15) is 0 Å². The molecule has 2 aromatic rings. The van der Waals surface area contributed by atoms with Gasteiger partial charge in [-0.1, -0.05) is 29.8 Å². The Morgan fingerprint density at radius 1 is 1.11 bits per heavy atom. The number of nitrogens with one attached hydrogen (secondary N) is 1. The molecule has 146 valence electrons. The van der Waals surface area contributed by atoms with Gasteiger partial charge in [-0.2, -0.15) is 13.2 Å². The number of carbonyl (C=O) groups excluding carboxylic acids is 2. The smallest absolute Gasteiger partial charge is 0.347 e. The minimum atomic E-state index is -4.45. The zero-order chi connectivity index (χ0) is 20.1. The summed E-state index contributed by atoms with van der Waals surface area (Å²) in [5, 5.41) is 2.92. The summed E-state index contributed by atoms with van der Waals surface area (Å²) in [4.78, 5) is 25.6. The Labute approximate surface area is 164 Å². The Bertz CT molecular complexity index is 951. The van der Waals surface area contributed by atoms with Crippen LogP contribution in [0.4, 0.5) is 13.2 Å². The summed E-state index contributed by atoms with van der Waals surface area (Å²) in [6, 6.07) is 9.78. The van der Waals surface area contributed by atoms with E-state index in [4.69, 9.17) is 11.6 Å². The number of amides is 2. The lowest BCUT2D eigenvalue weighted by Crippen LogP contribution is -2.68. The highest BCUT2D eigenvalue weighted by atomic mass is 35.5. The number of hydrogen-bond donors (Lipinski definition) is 1. The number of rotatable bonds is 2. The maximum Gasteiger partial charge on any atom is 0.416 e.